The maximum Gasteiger partial charge on any atom is 0.306 e. The maximum absolute atomic E-state index is 13.1. The van der Waals surface area contributed by atoms with E-state index in [-0.39, 0.29) is 17.9 Å². The molecule has 116 valence electrons. The molecule has 0 aliphatic heterocycles. The van der Waals surface area contributed by atoms with E-state index in [0.29, 0.717) is 0 Å². The average molecular weight is 310 g/mol. The fourth-order valence-electron chi connectivity index (χ4n) is 1.75. The summed E-state index contributed by atoms with van der Waals surface area (Å²) in [4.78, 5) is 21.9. The molecule has 0 fully saturated rings. The summed E-state index contributed by atoms with van der Waals surface area (Å²) in [6, 6.07) is 3.02. The first-order chi connectivity index (χ1) is 10.4. The first-order valence-electron chi connectivity index (χ1n) is 6.29. The predicted octanol–water partition coefficient (Wildman–Crippen LogP) is 2.34. The number of hydrogen-bond acceptors (Lipinski definition) is 4. The number of rotatable bonds is 5. The fourth-order valence-corrected chi connectivity index (χ4v) is 1.75. The molecule has 0 saturated heterocycles. The van der Waals surface area contributed by atoms with Gasteiger partial charge >= 0.3 is 5.69 Å². The van der Waals surface area contributed by atoms with Crippen molar-refractivity contribution in [2.24, 2.45) is 5.92 Å². The minimum absolute atomic E-state index is 0.114. The third-order valence-electron chi connectivity index (χ3n) is 2.93. The standard InChI is InChI=1S/C13H12F2N4O3/c1-8(6-18-7-10(5-16-18)19(21)22)13(20)17-9-2-3-11(14)12(15)4-9/h2-5,7-8H,6H2,1H3,(H,17,20)/t8-/m0/s1. The molecule has 7 nitrogen and oxygen atoms in total. The number of halogens is 2. The first-order valence-corrected chi connectivity index (χ1v) is 6.29. The number of amides is 1. The van der Waals surface area contributed by atoms with Gasteiger partial charge in [0.15, 0.2) is 11.6 Å². The third-order valence-corrected chi connectivity index (χ3v) is 2.93. The molecule has 1 aromatic heterocycles. The van der Waals surface area contributed by atoms with Crippen molar-refractivity contribution in [3.05, 3.63) is 52.3 Å². The highest BCUT2D eigenvalue weighted by Crippen LogP contribution is 2.15. The van der Waals surface area contributed by atoms with E-state index in [1.807, 2.05) is 0 Å². The van der Waals surface area contributed by atoms with Crippen molar-refractivity contribution in [3.63, 3.8) is 0 Å². The van der Waals surface area contributed by atoms with Crippen LogP contribution in [0.3, 0.4) is 0 Å². The Morgan fingerprint density at radius 2 is 2.18 bits per heavy atom. The highest BCUT2D eigenvalue weighted by Gasteiger charge is 2.17. The molecule has 0 aliphatic carbocycles. The molecular formula is C13H12F2N4O3. The van der Waals surface area contributed by atoms with Crippen molar-refractivity contribution >= 4 is 17.3 Å². The van der Waals surface area contributed by atoms with Crippen LogP contribution in [0.5, 0.6) is 0 Å². The molecular weight excluding hydrogens is 298 g/mol. The molecule has 22 heavy (non-hydrogen) atoms. The number of aromatic nitrogens is 2. The number of nitro groups is 1. The molecule has 1 heterocycles. The van der Waals surface area contributed by atoms with Gasteiger partial charge in [0.1, 0.15) is 12.4 Å². The zero-order valence-electron chi connectivity index (χ0n) is 11.5. The van der Waals surface area contributed by atoms with Crippen molar-refractivity contribution in [3.8, 4) is 0 Å². The molecule has 0 unspecified atom stereocenters. The van der Waals surface area contributed by atoms with E-state index in [2.05, 4.69) is 10.4 Å². The minimum Gasteiger partial charge on any atom is -0.326 e. The molecule has 1 N–H and O–H groups in total. The first kappa shape index (κ1) is 15.5. The van der Waals surface area contributed by atoms with Gasteiger partial charge < -0.3 is 5.32 Å². The summed E-state index contributed by atoms with van der Waals surface area (Å²) in [5, 5.41) is 16.8. The van der Waals surface area contributed by atoms with Crippen molar-refractivity contribution in [2.75, 3.05) is 5.32 Å². The van der Waals surface area contributed by atoms with Crippen LogP contribution in [0.25, 0.3) is 0 Å². The molecule has 0 aliphatic rings. The summed E-state index contributed by atoms with van der Waals surface area (Å²) < 4.78 is 27.1. The summed E-state index contributed by atoms with van der Waals surface area (Å²) in [6.45, 7) is 1.70. The van der Waals surface area contributed by atoms with Gasteiger partial charge in [0.25, 0.3) is 0 Å². The Bertz CT molecular complexity index is 717. The van der Waals surface area contributed by atoms with Crippen LogP contribution < -0.4 is 5.32 Å². The number of anilines is 1. The van der Waals surface area contributed by atoms with Gasteiger partial charge in [0.05, 0.1) is 17.4 Å². The van der Waals surface area contributed by atoms with E-state index in [1.54, 1.807) is 6.92 Å². The van der Waals surface area contributed by atoms with E-state index in [0.717, 1.165) is 18.3 Å². The predicted molar refractivity (Wildman–Crippen MR) is 73.0 cm³/mol. The molecule has 0 bridgehead atoms. The third kappa shape index (κ3) is 3.62. The largest absolute Gasteiger partial charge is 0.326 e. The van der Waals surface area contributed by atoms with Gasteiger partial charge in [-0.2, -0.15) is 5.10 Å². The van der Waals surface area contributed by atoms with Crippen LogP contribution in [0.2, 0.25) is 0 Å². The molecule has 1 amide bonds. The molecule has 9 heteroatoms. The lowest BCUT2D eigenvalue weighted by Gasteiger charge is -2.12. The van der Waals surface area contributed by atoms with E-state index in [4.69, 9.17) is 0 Å². The quantitative estimate of drug-likeness (QED) is 0.678. The fraction of sp³-hybridized carbons (Fsp3) is 0.231. The number of hydrogen-bond donors (Lipinski definition) is 1. The summed E-state index contributed by atoms with van der Waals surface area (Å²) in [5.74, 6) is -3.08. The number of nitrogens with zero attached hydrogens (tertiary/aromatic N) is 3. The number of nitrogens with one attached hydrogen (secondary N) is 1. The van der Waals surface area contributed by atoms with E-state index >= 15 is 0 Å². The Labute approximate surface area is 123 Å². The summed E-state index contributed by atoms with van der Waals surface area (Å²) in [6.07, 6.45) is 2.29. The lowest BCUT2D eigenvalue weighted by molar-refractivity contribution is -0.385. The minimum atomic E-state index is -1.06. The van der Waals surface area contributed by atoms with E-state index in [9.17, 15) is 23.7 Å². The van der Waals surface area contributed by atoms with Crippen LogP contribution in [-0.4, -0.2) is 20.6 Å². The Balaban J connectivity index is 1.99. The van der Waals surface area contributed by atoms with Gasteiger partial charge in [0, 0.05) is 11.8 Å². The summed E-state index contributed by atoms with van der Waals surface area (Å²) in [7, 11) is 0. The van der Waals surface area contributed by atoms with Crippen LogP contribution in [0, 0.1) is 27.7 Å². The number of carbonyl (C=O) groups is 1. The second-order valence-corrected chi connectivity index (χ2v) is 4.70. The molecule has 1 aromatic carbocycles. The van der Waals surface area contributed by atoms with E-state index in [1.165, 1.54) is 16.9 Å². The van der Waals surface area contributed by atoms with Gasteiger partial charge in [-0.1, -0.05) is 6.92 Å². The molecule has 0 radical (unpaired) electrons. The zero-order chi connectivity index (χ0) is 16.3. The zero-order valence-corrected chi connectivity index (χ0v) is 11.5. The Hall–Kier alpha value is -2.84. The van der Waals surface area contributed by atoms with Crippen LogP contribution in [-0.2, 0) is 11.3 Å². The molecule has 2 aromatic rings. The van der Waals surface area contributed by atoms with Crippen molar-refractivity contribution in [2.45, 2.75) is 13.5 Å². The maximum atomic E-state index is 13.1. The summed E-state index contributed by atoms with van der Waals surface area (Å²) >= 11 is 0. The second-order valence-electron chi connectivity index (χ2n) is 4.70. The molecule has 1 atom stereocenters. The molecule has 0 spiro atoms. The smallest absolute Gasteiger partial charge is 0.306 e. The van der Waals surface area contributed by atoms with Crippen LogP contribution in [0.1, 0.15) is 6.92 Å². The van der Waals surface area contributed by atoms with Crippen molar-refractivity contribution in [1.82, 2.24) is 9.78 Å². The topological polar surface area (TPSA) is 90.1 Å². The molecule has 0 saturated carbocycles. The van der Waals surface area contributed by atoms with Gasteiger partial charge in [-0.25, -0.2) is 8.78 Å². The van der Waals surface area contributed by atoms with Crippen molar-refractivity contribution < 1.29 is 18.5 Å². The van der Waals surface area contributed by atoms with Gasteiger partial charge in [-0.3, -0.25) is 19.6 Å². The van der Waals surface area contributed by atoms with Gasteiger partial charge in [-0.15, -0.1) is 0 Å². The Morgan fingerprint density at radius 1 is 1.45 bits per heavy atom. The van der Waals surface area contributed by atoms with Crippen LogP contribution >= 0.6 is 0 Å². The average Bonchev–Trinajstić information content (AvgIpc) is 2.91. The lowest BCUT2D eigenvalue weighted by atomic mass is 10.1. The van der Waals surface area contributed by atoms with E-state index < -0.39 is 28.4 Å². The van der Waals surface area contributed by atoms with Crippen molar-refractivity contribution in [1.29, 1.82) is 0 Å². The molecule has 2 rings (SSSR count). The summed E-state index contributed by atoms with van der Waals surface area (Å²) in [5.41, 5.74) is -0.0459. The lowest BCUT2D eigenvalue weighted by Crippen LogP contribution is -2.24. The van der Waals surface area contributed by atoms with Crippen LogP contribution in [0.15, 0.2) is 30.6 Å². The van der Waals surface area contributed by atoms with Crippen LogP contribution in [0.4, 0.5) is 20.2 Å². The Kier molecular flexibility index (Phi) is 4.44. The number of benzene rings is 1. The highest BCUT2D eigenvalue weighted by molar-refractivity contribution is 5.92. The SMILES string of the molecule is C[C@@H](Cn1cc([N+](=O)[O-])cn1)C(=O)Nc1ccc(F)c(F)c1. The Morgan fingerprint density at radius 3 is 2.77 bits per heavy atom. The van der Waals surface area contributed by atoms with Gasteiger partial charge in [0.2, 0.25) is 5.91 Å². The second kappa shape index (κ2) is 6.29. The highest BCUT2D eigenvalue weighted by atomic mass is 19.2. The van der Waals surface area contributed by atoms with Gasteiger partial charge in [-0.05, 0) is 12.1 Å². The number of carbonyl (C=O) groups excluding carboxylic acids is 1. The normalized spacial score (nSPS) is 12.0. The monoisotopic (exact) mass is 310 g/mol.